The van der Waals surface area contributed by atoms with E-state index in [0.717, 1.165) is 38.9 Å². The van der Waals surface area contributed by atoms with Gasteiger partial charge in [0, 0.05) is 26.1 Å². The Morgan fingerprint density at radius 2 is 1.94 bits per heavy atom. The van der Waals surface area contributed by atoms with Gasteiger partial charge >= 0.3 is 0 Å². The second kappa shape index (κ2) is 6.97. The fourth-order valence-corrected chi connectivity index (χ4v) is 2.50. The summed E-state index contributed by atoms with van der Waals surface area (Å²) in [7, 11) is 5.98. The maximum absolute atomic E-state index is 12.2. The third-order valence-corrected chi connectivity index (χ3v) is 3.72. The van der Waals surface area contributed by atoms with Crippen LogP contribution in [0.4, 0.5) is 0 Å². The van der Waals surface area contributed by atoms with Crippen molar-refractivity contribution in [2.24, 2.45) is 17.6 Å². The van der Waals surface area contributed by atoms with Crippen LogP contribution in [0.2, 0.25) is 0 Å². The van der Waals surface area contributed by atoms with Crippen molar-refractivity contribution in [2.45, 2.75) is 25.7 Å². The van der Waals surface area contributed by atoms with Crippen LogP contribution < -0.4 is 5.73 Å². The van der Waals surface area contributed by atoms with E-state index < -0.39 is 0 Å². The first-order valence-corrected chi connectivity index (χ1v) is 6.64. The Morgan fingerprint density at radius 3 is 2.53 bits per heavy atom. The second-order valence-corrected chi connectivity index (χ2v) is 5.53. The first-order chi connectivity index (χ1) is 8.04. The Hall–Kier alpha value is -0.610. The minimum atomic E-state index is 0.212. The Bertz CT molecular complexity index is 243. The van der Waals surface area contributed by atoms with E-state index in [4.69, 9.17) is 5.73 Å². The van der Waals surface area contributed by atoms with Gasteiger partial charge in [-0.25, -0.2) is 0 Å². The molecule has 0 aromatic heterocycles. The Morgan fingerprint density at radius 1 is 1.24 bits per heavy atom. The fraction of sp³-hybridized carbons (Fsp3) is 0.923. The van der Waals surface area contributed by atoms with Gasteiger partial charge in [0.1, 0.15) is 0 Å². The molecule has 0 radical (unpaired) electrons. The minimum absolute atomic E-state index is 0.212. The van der Waals surface area contributed by atoms with E-state index in [0.29, 0.717) is 11.8 Å². The van der Waals surface area contributed by atoms with Gasteiger partial charge in [-0.05, 0) is 45.8 Å². The molecule has 17 heavy (non-hydrogen) atoms. The number of nitrogens with two attached hydrogens (primary N) is 1. The van der Waals surface area contributed by atoms with Crippen molar-refractivity contribution < 1.29 is 4.79 Å². The summed E-state index contributed by atoms with van der Waals surface area (Å²) in [4.78, 5) is 16.2. The van der Waals surface area contributed by atoms with Crippen LogP contribution >= 0.6 is 0 Å². The summed E-state index contributed by atoms with van der Waals surface area (Å²) in [5.74, 6) is 1.08. The number of likely N-dealkylation sites (N-methyl/N-ethyl adjacent to an activating group) is 2. The largest absolute Gasteiger partial charge is 0.344 e. The van der Waals surface area contributed by atoms with Gasteiger partial charge < -0.3 is 15.5 Å². The first-order valence-electron chi connectivity index (χ1n) is 6.64. The molecule has 0 aromatic rings. The molecule has 4 heteroatoms. The van der Waals surface area contributed by atoms with Crippen LogP contribution in [-0.2, 0) is 4.79 Å². The topological polar surface area (TPSA) is 49.6 Å². The van der Waals surface area contributed by atoms with Crippen molar-refractivity contribution in [3.63, 3.8) is 0 Å². The molecule has 1 fully saturated rings. The minimum Gasteiger partial charge on any atom is -0.344 e. The van der Waals surface area contributed by atoms with Gasteiger partial charge in [0.2, 0.25) is 5.91 Å². The molecule has 1 aliphatic carbocycles. The highest BCUT2D eigenvalue weighted by atomic mass is 16.2. The molecule has 1 rings (SSSR count). The second-order valence-electron chi connectivity index (χ2n) is 5.53. The van der Waals surface area contributed by atoms with E-state index in [-0.39, 0.29) is 5.92 Å². The number of amides is 1. The van der Waals surface area contributed by atoms with Crippen molar-refractivity contribution in [3.8, 4) is 0 Å². The molecular weight excluding hydrogens is 214 g/mol. The van der Waals surface area contributed by atoms with Crippen molar-refractivity contribution >= 4 is 5.91 Å². The van der Waals surface area contributed by atoms with Crippen molar-refractivity contribution in [2.75, 3.05) is 40.8 Å². The number of carbonyl (C=O) groups excluding carboxylic acids is 1. The van der Waals surface area contributed by atoms with Crippen LogP contribution in [0.25, 0.3) is 0 Å². The molecule has 1 aliphatic rings. The van der Waals surface area contributed by atoms with Gasteiger partial charge in [0.25, 0.3) is 0 Å². The van der Waals surface area contributed by atoms with Crippen LogP contribution in [0.15, 0.2) is 0 Å². The summed E-state index contributed by atoms with van der Waals surface area (Å²) in [6.07, 6.45) is 4.38. The highest BCUT2D eigenvalue weighted by molar-refractivity contribution is 5.78. The standard InChI is InChI=1S/C13H27N3O/c1-15(2)7-8-16(3)13(17)12-6-4-5-11(9-12)10-14/h11-12H,4-10,14H2,1-3H3. The van der Waals surface area contributed by atoms with Crippen LogP contribution in [0, 0.1) is 11.8 Å². The van der Waals surface area contributed by atoms with Crippen molar-refractivity contribution in [1.29, 1.82) is 0 Å². The smallest absolute Gasteiger partial charge is 0.225 e. The molecule has 0 aliphatic heterocycles. The molecule has 2 N–H and O–H groups in total. The predicted octanol–water partition coefficient (Wildman–Crippen LogP) is 0.772. The van der Waals surface area contributed by atoms with E-state index in [1.807, 2.05) is 26.0 Å². The van der Waals surface area contributed by atoms with E-state index in [9.17, 15) is 4.79 Å². The summed E-state index contributed by atoms with van der Waals surface area (Å²) in [6.45, 7) is 2.47. The molecule has 4 nitrogen and oxygen atoms in total. The maximum atomic E-state index is 12.2. The summed E-state index contributed by atoms with van der Waals surface area (Å²) in [5, 5.41) is 0. The lowest BCUT2D eigenvalue weighted by atomic mass is 9.81. The third kappa shape index (κ3) is 4.64. The number of rotatable bonds is 5. The molecule has 0 heterocycles. The zero-order chi connectivity index (χ0) is 12.8. The monoisotopic (exact) mass is 241 g/mol. The van der Waals surface area contributed by atoms with Crippen LogP contribution in [0.3, 0.4) is 0 Å². The quantitative estimate of drug-likeness (QED) is 0.773. The lowest BCUT2D eigenvalue weighted by Crippen LogP contribution is -2.39. The molecule has 2 unspecified atom stereocenters. The summed E-state index contributed by atoms with van der Waals surface area (Å²) in [6, 6.07) is 0. The fourth-order valence-electron chi connectivity index (χ4n) is 2.50. The number of hydrogen-bond donors (Lipinski definition) is 1. The lowest BCUT2D eigenvalue weighted by molar-refractivity contribution is -0.135. The first kappa shape index (κ1) is 14.5. The molecule has 0 saturated heterocycles. The highest BCUT2D eigenvalue weighted by Gasteiger charge is 2.28. The SMILES string of the molecule is CN(C)CCN(C)C(=O)C1CCCC(CN)C1. The van der Waals surface area contributed by atoms with E-state index in [2.05, 4.69) is 4.90 Å². The molecule has 100 valence electrons. The van der Waals surface area contributed by atoms with Gasteiger partial charge in [-0.1, -0.05) is 6.42 Å². The Kier molecular flexibility index (Phi) is 5.92. The molecule has 0 aromatic carbocycles. The van der Waals surface area contributed by atoms with Gasteiger partial charge in [-0.15, -0.1) is 0 Å². The molecule has 0 spiro atoms. The normalized spacial score (nSPS) is 25.0. The van der Waals surface area contributed by atoms with Gasteiger partial charge in [0.05, 0.1) is 0 Å². The zero-order valence-corrected chi connectivity index (χ0v) is 11.5. The molecule has 1 saturated carbocycles. The van der Waals surface area contributed by atoms with Gasteiger partial charge in [-0.3, -0.25) is 4.79 Å². The molecular formula is C13H27N3O. The number of carbonyl (C=O) groups is 1. The average Bonchev–Trinajstić information content (AvgIpc) is 2.35. The summed E-state index contributed by atoms with van der Waals surface area (Å²) < 4.78 is 0. The Balaban J connectivity index is 2.39. The summed E-state index contributed by atoms with van der Waals surface area (Å²) in [5.41, 5.74) is 5.71. The predicted molar refractivity (Wildman–Crippen MR) is 70.7 cm³/mol. The van der Waals surface area contributed by atoms with Gasteiger partial charge in [0.15, 0.2) is 0 Å². The maximum Gasteiger partial charge on any atom is 0.225 e. The number of hydrogen-bond acceptors (Lipinski definition) is 3. The van der Waals surface area contributed by atoms with Crippen molar-refractivity contribution in [1.82, 2.24) is 9.80 Å². The molecule has 1 amide bonds. The highest BCUT2D eigenvalue weighted by Crippen LogP contribution is 2.29. The average molecular weight is 241 g/mol. The van der Waals surface area contributed by atoms with Gasteiger partial charge in [-0.2, -0.15) is 0 Å². The Labute approximate surface area is 105 Å². The van der Waals surface area contributed by atoms with Crippen LogP contribution in [0.1, 0.15) is 25.7 Å². The van der Waals surface area contributed by atoms with E-state index >= 15 is 0 Å². The van der Waals surface area contributed by atoms with Crippen LogP contribution in [0.5, 0.6) is 0 Å². The van der Waals surface area contributed by atoms with Crippen molar-refractivity contribution in [3.05, 3.63) is 0 Å². The molecule has 2 atom stereocenters. The molecule has 0 bridgehead atoms. The summed E-state index contributed by atoms with van der Waals surface area (Å²) >= 11 is 0. The zero-order valence-electron chi connectivity index (χ0n) is 11.5. The third-order valence-electron chi connectivity index (χ3n) is 3.72. The van der Waals surface area contributed by atoms with E-state index in [1.54, 1.807) is 0 Å². The lowest BCUT2D eigenvalue weighted by Gasteiger charge is -2.31. The van der Waals surface area contributed by atoms with Crippen LogP contribution in [-0.4, -0.2) is 56.5 Å². The van der Waals surface area contributed by atoms with E-state index in [1.165, 1.54) is 6.42 Å². The number of nitrogens with zero attached hydrogens (tertiary/aromatic N) is 2.